The van der Waals surface area contributed by atoms with E-state index in [4.69, 9.17) is 16.3 Å². The first-order valence-electron chi connectivity index (χ1n) is 9.08. The summed E-state index contributed by atoms with van der Waals surface area (Å²) in [6, 6.07) is 11.7. The van der Waals surface area contributed by atoms with Crippen LogP contribution in [0.5, 0.6) is 0 Å². The lowest BCUT2D eigenvalue weighted by Crippen LogP contribution is -2.35. The molecule has 0 aliphatic carbocycles. The molecule has 0 aliphatic heterocycles. The number of hydrogen-bond acceptors (Lipinski definition) is 3. The smallest absolute Gasteiger partial charge is 0.220 e. The normalized spacial score (nSPS) is 12.3. The number of ether oxygens (including phenoxy) is 1. The van der Waals surface area contributed by atoms with Crippen molar-refractivity contribution in [3.8, 4) is 11.4 Å². The summed E-state index contributed by atoms with van der Waals surface area (Å²) in [4.78, 5) is 20.1. The molecule has 1 unspecified atom stereocenters. The minimum absolute atomic E-state index is 0.0125. The molecular weight excluding hydrogens is 362 g/mol. The number of aromatic amines is 1. The molecule has 0 saturated carbocycles. The van der Waals surface area contributed by atoms with E-state index in [1.165, 1.54) is 0 Å². The van der Waals surface area contributed by atoms with Gasteiger partial charge in [-0.25, -0.2) is 0 Å². The van der Waals surface area contributed by atoms with E-state index in [1.807, 2.05) is 43.3 Å². The number of hydrogen-bond donors (Lipinski definition) is 2. The van der Waals surface area contributed by atoms with E-state index in [2.05, 4.69) is 15.3 Å². The van der Waals surface area contributed by atoms with Crippen molar-refractivity contribution in [1.29, 1.82) is 0 Å². The second-order valence-corrected chi connectivity index (χ2v) is 7.10. The first kappa shape index (κ1) is 19.4. The molecule has 1 aromatic carbocycles. The number of fused-ring (bicyclic) bond motifs is 1. The maximum atomic E-state index is 12.1. The Morgan fingerprint density at radius 3 is 2.93 bits per heavy atom. The monoisotopic (exact) mass is 385 g/mol. The molecule has 1 amide bonds. The average Bonchev–Trinajstić information content (AvgIpc) is 3.00. The van der Waals surface area contributed by atoms with Gasteiger partial charge in [-0.05, 0) is 55.7 Å². The van der Waals surface area contributed by atoms with Crippen LogP contribution in [0.2, 0.25) is 5.02 Å². The maximum Gasteiger partial charge on any atom is 0.220 e. The first-order chi connectivity index (χ1) is 13.1. The highest BCUT2D eigenvalue weighted by Crippen LogP contribution is 2.32. The van der Waals surface area contributed by atoms with E-state index in [0.29, 0.717) is 18.1 Å². The Bertz CT molecular complexity index is 908. The zero-order valence-corrected chi connectivity index (χ0v) is 16.3. The van der Waals surface area contributed by atoms with Crippen LogP contribution in [0.3, 0.4) is 0 Å². The van der Waals surface area contributed by atoms with Gasteiger partial charge in [0.25, 0.3) is 0 Å². The van der Waals surface area contributed by atoms with Crippen LogP contribution in [0.4, 0.5) is 0 Å². The Balaban J connectivity index is 1.78. The van der Waals surface area contributed by atoms with Crippen LogP contribution in [0.25, 0.3) is 22.3 Å². The van der Waals surface area contributed by atoms with Crippen LogP contribution in [-0.4, -0.2) is 35.6 Å². The van der Waals surface area contributed by atoms with Crippen molar-refractivity contribution in [2.75, 3.05) is 13.7 Å². The molecule has 5 nitrogen and oxygen atoms in total. The highest BCUT2D eigenvalue weighted by molar-refractivity contribution is 6.31. The van der Waals surface area contributed by atoms with Gasteiger partial charge in [-0.2, -0.15) is 0 Å². The SMILES string of the molecule is COCC(C)NC(=O)CCCc1c(-c2ccccn2)[nH]c2ccc(Cl)cc12. The molecule has 3 aromatic rings. The van der Waals surface area contributed by atoms with Gasteiger partial charge in [0.2, 0.25) is 5.91 Å². The molecule has 142 valence electrons. The highest BCUT2D eigenvalue weighted by Gasteiger charge is 2.15. The molecule has 3 rings (SSSR count). The number of carbonyl (C=O) groups excluding carboxylic acids is 1. The molecule has 0 aliphatic rings. The lowest BCUT2D eigenvalue weighted by molar-refractivity contribution is -0.122. The van der Waals surface area contributed by atoms with E-state index in [0.717, 1.165) is 40.7 Å². The lowest BCUT2D eigenvalue weighted by Gasteiger charge is -2.12. The average molecular weight is 386 g/mol. The number of rotatable bonds is 8. The number of nitrogens with zero attached hydrogens (tertiary/aromatic N) is 1. The van der Waals surface area contributed by atoms with Gasteiger partial charge >= 0.3 is 0 Å². The molecule has 0 saturated heterocycles. The van der Waals surface area contributed by atoms with Crippen molar-refractivity contribution in [3.05, 3.63) is 53.2 Å². The van der Waals surface area contributed by atoms with Crippen molar-refractivity contribution in [1.82, 2.24) is 15.3 Å². The van der Waals surface area contributed by atoms with Gasteiger partial charge in [0, 0.05) is 41.7 Å². The molecule has 2 aromatic heterocycles. The van der Waals surface area contributed by atoms with Gasteiger partial charge in [0.1, 0.15) is 0 Å². The number of H-pyrrole nitrogens is 1. The molecule has 1 atom stereocenters. The maximum absolute atomic E-state index is 12.1. The van der Waals surface area contributed by atoms with E-state index in [1.54, 1.807) is 13.3 Å². The Hall–Kier alpha value is -2.37. The largest absolute Gasteiger partial charge is 0.383 e. The summed E-state index contributed by atoms with van der Waals surface area (Å²) >= 11 is 6.21. The van der Waals surface area contributed by atoms with Crippen LogP contribution in [-0.2, 0) is 16.0 Å². The summed E-state index contributed by atoms with van der Waals surface area (Å²) in [6.07, 6.45) is 3.74. The number of aryl methyl sites for hydroxylation is 1. The summed E-state index contributed by atoms with van der Waals surface area (Å²) < 4.78 is 5.05. The number of aromatic nitrogens is 2. The van der Waals surface area contributed by atoms with E-state index >= 15 is 0 Å². The third kappa shape index (κ3) is 4.87. The zero-order valence-electron chi connectivity index (χ0n) is 15.6. The number of carbonyl (C=O) groups is 1. The summed E-state index contributed by atoms with van der Waals surface area (Å²) in [5.74, 6) is 0.0387. The first-order valence-corrected chi connectivity index (χ1v) is 9.46. The predicted molar refractivity (Wildman–Crippen MR) is 109 cm³/mol. The topological polar surface area (TPSA) is 67.0 Å². The van der Waals surface area contributed by atoms with Crippen LogP contribution < -0.4 is 5.32 Å². The lowest BCUT2D eigenvalue weighted by atomic mass is 10.0. The van der Waals surface area contributed by atoms with Crippen molar-refractivity contribution in [2.24, 2.45) is 0 Å². The van der Waals surface area contributed by atoms with Gasteiger partial charge in [-0.3, -0.25) is 9.78 Å². The summed E-state index contributed by atoms with van der Waals surface area (Å²) in [5, 5.41) is 4.72. The third-order valence-corrected chi connectivity index (χ3v) is 4.68. The van der Waals surface area contributed by atoms with E-state index < -0.39 is 0 Å². The number of halogens is 1. The molecule has 6 heteroatoms. The third-order valence-electron chi connectivity index (χ3n) is 4.44. The van der Waals surface area contributed by atoms with Gasteiger partial charge < -0.3 is 15.0 Å². The number of benzene rings is 1. The second kappa shape index (κ2) is 9.02. The summed E-state index contributed by atoms with van der Waals surface area (Å²) in [7, 11) is 1.63. The van der Waals surface area contributed by atoms with Crippen molar-refractivity contribution >= 4 is 28.4 Å². The van der Waals surface area contributed by atoms with E-state index in [9.17, 15) is 4.79 Å². The molecule has 2 N–H and O–H groups in total. The van der Waals surface area contributed by atoms with E-state index in [-0.39, 0.29) is 11.9 Å². The fourth-order valence-electron chi connectivity index (χ4n) is 3.27. The number of methoxy groups -OCH3 is 1. The fourth-order valence-corrected chi connectivity index (χ4v) is 3.45. The molecular formula is C21H24ClN3O2. The molecule has 0 radical (unpaired) electrons. The zero-order chi connectivity index (χ0) is 19.2. The Kier molecular flexibility index (Phi) is 6.48. The molecule has 27 heavy (non-hydrogen) atoms. The molecule has 2 heterocycles. The fraction of sp³-hybridized carbons (Fsp3) is 0.333. The van der Waals surface area contributed by atoms with Crippen LogP contribution in [0, 0.1) is 0 Å². The van der Waals surface area contributed by atoms with Gasteiger partial charge in [-0.15, -0.1) is 0 Å². The van der Waals surface area contributed by atoms with Crippen LogP contribution in [0.15, 0.2) is 42.6 Å². The molecule has 0 spiro atoms. The number of amides is 1. The van der Waals surface area contributed by atoms with Crippen LogP contribution in [0.1, 0.15) is 25.3 Å². The minimum Gasteiger partial charge on any atom is -0.383 e. The Morgan fingerprint density at radius 2 is 2.19 bits per heavy atom. The number of nitrogens with one attached hydrogen (secondary N) is 2. The molecule has 0 bridgehead atoms. The van der Waals surface area contributed by atoms with Crippen molar-refractivity contribution in [2.45, 2.75) is 32.2 Å². The summed E-state index contributed by atoms with van der Waals surface area (Å²) in [5.41, 5.74) is 4.04. The minimum atomic E-state index is 0.0125. The second-order valence-electron chi connectivity index (χ2n) is 6.66. The van der Waals surface area contributed by atoms with Gasteiger partial charge in [-0.1, -0.05) is 17.7 Å². The quantitative estimate of drug-likeness (QED) is 0.605. The standard InChI is InChI=1S/C21H24ClN3O2/c1-14(13-27-2)24-20(26)8-5-6-16-17-12-15(22)9-10-18(17)25-21(16)19-7-3-4-11-23-19/h3-4,7,9-12,14,25H,5-6,8,13H2,1-2H3,(H,24,26). The highest BCUT2D eigenvalue weighted by atomic mass is 35.5. The van der Waals surface area contributed by atoms with Crippen LogP contribution >= 0.6 is 11.6 Å². The number of pyridine rings is 1. The predicted octanol–water partition coefficient (Wildman–Crippen LogP) is 4.36. The van der Waals surface area contributed by atoms with Gasteiger partial charge in [0.15, 0.2) is 0 Å². The van der Waals surface area contributed by atoms with Gasteiger partial charge in [0.05, 0.1) is 18.0 Å². The Labute approximate surface area is 164 Å². The summed E-state index contributed by atoms with van der Waals surface area (Å²) in [6.45, 7) is 2.44. The van der Waals surface area contributed by atoms with Crippen molar-refractivity contribution in [3.63, 3.8) is 0 Å². The molecule has 0 fully saturated rings. The Morgan fingerprint density at radius 1 is 1.33 bits per heavy atom. The van der Waals surface area contributed by atoms with Crippen molar-refractivity contribution < 1.29 is 9.53 Å².